The second kappa shape index (κ2) is 6.84. The van der Waals surface area contributed by atoms with Gasteiger partial charge in [0.05, 0.1) is 29.7 Å². The van der Waals surface area contributed by atoms with Crippen LogP contribution >= 0.6 is 0 Å². The van der Waals surface area contributed by atoms with Crippen molar-refractivity contribution >= 4 is 16.9 Å². The Balaban J connectivity index is 1.39. The molecule has 1 aliphatic heterocycles. The molecule has 0 aliphatic carbocycles. The molecule has 1 saturated heterocycles. The number of carbonyl (C=O) groups is 1. The standard InChI is InChI=1S/C19H19FN4O2/c1-12-4-5-15-16(7-12)23-18(22-15)11-26-17-10-24(9-14(17)20)19(25)13-3-2-6-21-8-13/h2-8,14,17H,9-11H2,1H3,(H,22,23). The number of benzene rings is 1. The number of pyridine rings is 1. The lowest BCUT2D eigenvalue weighted by Gasteiger charge is -2.15. The zero-order valence-electron chi connectivity index (χ0n) is 14.4. The summed E-state index contributed by atoms with van der Waals surface area (Å²) in [6.07, 6.45) is 1.20. The summed E-state index contributed by atoms with van der Waals surface area (Å²) < 4.78 is 20.0. The van der Waals surface area contributed by atoms with Crippen LogP contribution in [0.3, 0.4) is 0 Å². The highest BCUT2D eigenvalue weighted by molar-refractivity contribution is 5.94. The largest absolute Gasteiger partial charge is 0.365 e. The van der Waals surface area contributed by atoms with Crippen molar-refractivity contribution in [3.8, 4) is 0 Å². The van der Waals surface area contributed by atoms with Crippen molar-refractivity contribution in [3.05, 3.63) is 59.7 Å². The number of nitrogens with zero attached hydrogens (tertiary/aromatic N) is 3. The maximum Gasteiger partial charge on any atom is 0.255 e. The number of aromatic nitrogens is 3. The monoisotopic (exact) mass is 354 g/mol. The Hall–Kier alpha value is -2.80. The minimum absolute atomic E-state index is 0.0255. The van der Waals surface area contributed by atoms with Gasteiger partial charge >= 0.3 is 0 Å². The molecule has 1 aromatic carbocycles. The number of ether oxygens (including phenoxy) is 1. The molecule has 1 amide bonds. The number of rotatable bonds is 4. The molecule has 0 radical (unpaired) electrons. The van der Waals surface area contributed by atoms with Crippen LogP contribution in [0, 0.1) is 6.92 Å². The average molecular weight is 354 g/mol. The minimum atomic E-state index is -1.22. The normalized spacial score (nSPS) is 20.0. The number of aryl methyl sites for hydroxylation is 1. The first-order valence-electron chi connectivity index (χ1n) is 8.50. The molecule has 2 atom stereocenters. The van der Waals surface area contributed by atoms with E-state index in [2.05, 4.69) is 15.0 Å². The maximum atomic E-state index is 14.3. The van der Waals surface area contributed by atoms with E-state index in [4.69, 9.17) is 4.74 Å². The third kappa shape index (κ3) is 3.30. The van der Waals surface area contributed by atoms with E-state index in [1.807, 2.05) is 25.1 Å². The Morgan fingerprint density at radius 3 is 3.08 bits per heavy atom. The van der Waals surface area contributed by atoms with Gasteiger partial charge < -0.3 is 14.6 Å². The highest BCUT2D eigenvalue weighted by atomic mass is 19.1. The molecule has 3 heterocycles. The average Bonchev–Trinajstić information content (AvgIpc) is 3.22. The second-order valence-corrected chi connectivity index (χ2v) is 6.52. The summed E-state index contributed by atoms with van der Waals surface area (Å²) in [5, 5.41) is 0. The van der Waals surface area contributed by atoms with Crippen LogP contribution in [-0.2, 0) is 11.3 Å². The Labute approximate surface area is 150 Å². The van der Waals surface area contributed by atoms with Crippen LogP contribution < -0.4 is 0 Å². The zero-order chi connectivity index (χ0) is 18.1. The number of fused-ring (bicyclic) bond motifs is 1. The van der Waals surface area contributed by atoms with Crippen LogP contribution in [0.2, 0.25) is 0 Å². The first-order chi connectivity index (χ1) is 12.6. The van der Waals surface area contributed by atoms with Gasteiger partial charge in [0.1, 0.15) is 24.7 Å². The summed E-state index contributed by atoms with van der Waals surface area (Å²) in [4.78, 5) is 25.4. The molecule has 0 spiro atoms. The molecule has 1 N–H and O–H groups in total. The lowest BCUT2D eigenvalue weighted by Crippen LogP contribution is -2.30. The van der Waals surface area contributed by atoms with E-state index < -0.39 is 12.3 Å². The van der Waals surface area contributed by atoms with Gasteiger partial charge in [0.25, 0.3) is 5.91 Å². The molecular formula is C19H19FN4O2. The van der Waals surface area contributed by atoms with Crippen LogP contribution in [0.15, 0.2) is 42.7 Å². The van der Waals surface area contributed by atoms with E-state index in [9.17, 15) is 9.18 Å². The molecule has 6 nitrogen and oxygen atoms in total. The lowest BCUT2D eigenvalue weighted by molar-refractivity contribution is 0.00887. The summed E-state index contributed by atoms with van der Waals surface area (Å²) in [5.41, 5.74) is 3.37. The quantitative estimate of drug-likeness (QED) is 0.782. The van der Waals surface area contributed by atoms with Crippen LogP contribution in [-0.4, -0.2) is 51.1 Å². The molecule has 2 aromatic heterocycles. The van der Waals surface area contributed by atoms with Gasteiger partial charge in [0, 0.05) is 12.4 Å². The van der Waals surface area contributed by atoms with Crippen molar-refractivity contribution in [2.24, 2.45) is 0 Å². The number of hydrogen-bond donors (Lipinski definition) is 1. The van der Waals surface area contributed by atoms with Crippen molar-refractivity contribution in [1.29, 1.82) is 0 Å². The number of alkyl halides is 1. The number of imidazole rings is 1. The summed E-state index contributed by atoms with van der Waals surface area (Å²) in [6.45, 7) is 2.43. The first-order valence-corrected chi connectivity index (χ1v) is 8.50. The van der Waals surface area contributed by atoms with Crippen LogP contribution in [0.4, 0.5) is 4.39 Å². The molecule has 0 saturated carbocycles. The maximum absolute atomic E-state index is 14.3. The Morgan fingerprint density at radius 2 is 2.27 bits per heavy atom. The highest BCUT2D eigenvalue weighted by Gasteiger charge is 2.36. The van der Waals surface area contributed by atoms with Crippen LogP contribution in [0.25, 0.3) is 11.0 Å². The van der Waals surface area contributed by atoms with Crippen molar-refractivity contribution in [2.45, 2.75) is 25.8 Å². The van der Waals surface area contributed by atoms with Crippen LogP contribution in [0.5, 0.6) is 0 Å². The topological polar surface area (TPSA) is 71.1 Å². The Kier molecular flexibility index (Phi) is 4.38. The van der Waals surface area contributed by atoms with Gasteiger partial charge in [-0.3, -0.25) is 9.78 Å². The molecule has 26 heavy (non-hydrogen) atoms. The minimum Gasteiger partial charge on any atom is -0.365 e. The Morgan fingerprint density at radius 1 is 1.38 bits per heavy atom. The number of halogens is 1. The smallest absolute Gasteiger partial charge is 0.255 e. The van der Waals surface area contributed by atoms with Gasteiger partial charge in [-0.05, 0) is 36.8 Å². The molecule has 3 aromatic rings. The van der Waals surface area contributed by atoms with Gasteiger partial charge in [-0.1, -0.05) is 6.07 Å². The molecule has 2 unspecified atom stereocenters. The molecular weight excluding hydrogens is 335 g/mol. The number of aromatic amines is 1. The number of H-pyrrole nitrogens is 1. The van der Waals surface area contributed by atoms with E-state index in [0.29, 0.717) is 11.4 Å². The van der Waals surface area contributed by atoms with Crippen LogP contribution in [0.1, 0.15) is 21.7 Å². The molecule has 1 aliphatic rings. The van der Waals surface area contributed by atoms with E-state index in [1.165, 1.54) is 11.1 Å². The SMILES string of the molecule is Cc1ccc2nc(COC3CN(C(=O)c4cccnc4)CC3F)[nH]c2c1. The number of likely N-dealkylation sites (tertiary alicyclic amines) is 1. The fourth-order valence-corrected chi connectivity index (χ4v) is 3.16. The zero-order valence-corrected chi connectivity index (χ0v) is 14.4. The van der Waals surface area contributed by atoms with E-state index in [-0.39, 0.29) is 25.6 Å². The fraction of sp³-hybridized carbons (Fsp3) is 0.316. The van der Waals surface area contributed by atoms with E-state index >= 15 is 0 Å². The van der Waals surface area contributed by atoms with Gasteiger partial charge in [-0.15, -0.1) is 0 Å². The van der Waals surface area contributed by atoms with Gasteiger partial charge in [0.2, 0.25) is 0 Å². The van der Waals surface area contributed by atoms with Gasteiger partial charge in [-0.25, -0.2) is 9.37 Å². The molecule has 0 bridgehead atoms. The summed E-state index contributed by atoms with van der Waals surface area (Å²) >= 11 is 0. The van der Waals surface area contributed by atoms with Crippen molar-refractivity contribution < 1.29 is 13.9 Å². The summed E-state index contributed by atoms with van der Waals surface area (Å²) in [6, 6.07) is 9.30. The molecule has 1 fully saturated rings. The van der Waals surface area contributed by atoms with E-state index in [0.717, 1.165) is 16.6 Å². The van der Waals surface area contributed by atoms with Crippen molar-refractivity contribution in [2.75, 3.05) is 13.1 Å². The third-order valence-electron chi connectivity index (χ3n) is 4.51. The summed E-state index contributed by atoms with van der Waals surface area (Å²) in [5.74, 6) is 0.417. The van der Waals surface area contributed by atoms with Gasteiger partial charge in [0.15, 0.2) is 0 Å². The van der Waals surface area contributed by atoms with Gasteiger partial charge in [-0.2, -0.15) is 0 Å². The third-order valence-corrected chi connectivity index (χ3v) is 4.51. The highest BCUT2D eigenvalue weighted by Crippen LogP contribution is 2.21. The van der Waals surface area contributed by atoms with E-state index in [1.54, 1.807) is 18.3 Å². The molecule has 4 rings (SSSR count). The lowest BCUT2D eigenvalue weighted by atomic mass is 10.2. The number of nitrogens with one attached hydrogen (secondary N) is 1. The second-order valence-electron chi connectivity index (χ2n) is 6.52. The number of amides is 1. The fourth-order valence-electron chi connectivity index (χ4n) is 3.16. The summed E-state index contributed by atoms with van der Waals surface area (Å²) in [7, 11) is 0. The van der Waals surface area contributed by atoms with Crippen molar-refractivity contribution in [3.63, 3.8) is 0 Å². The first kappa shape index (κ1) is 16.7. The molecule has 134 valence electrons. The number of hydrogen-bond acceptors (Lipinski definition) is 4. The Bertz CT molecular complexity index is 928. The predicted octanol–water partition coefficient (Wildman–Crippen LogP) is 2.65. The predicted molar refractivity (Wildman–Crippen MR) is 94.4 cm³/mol. The van der Waals surface area contributed by atoms with Crippen molar-refractivity contribution in [1.82, 2.24) is 19.9 Å². The molecule has 7 heteroatoms. The number of carbonyl (C=O) groups excluding carboxylic acids is 1.